The number of rotatable bonds is 12. The zero-order valence-corrected chi connectivity index (χ0v) is 15.3. The van der Waals surface area contributed by atoms with Gasteiger partial charge in [-0.05, 0) is 32.6 Å². The van der Waals surface area contributed by atoms with E-state index in [0.29, 0.717) is 18.8 Å². The summed E-state index contributed by atoms with van der Waals surface area (Å²) in [6.07, 6.45) is -0.635. The fraction of sp³-hybridized carbons (Fsp3) is 0.588. The number of nitrogens with one attached hydrogen (secondary N) is 2. The lowest BCUT2D eigenvalue weighted by atomic mass is 10.1. The first-order valence-corrected chi connectivity index (χ1v) is 8.35. The summed E-state index contributed by atoms with van der Waals surface area (Å²) in [6.45, 7) is 2.02. The lowest BCUT2D eigenvalue weighted by Crippen LogP contribution is -2.44. The average molecular weight is 372 g/mol. The molecule has 1 rings (SSSR count). The van der Waals surface area contributed by atoms with E-state index in [9.17, 15) is 18.4 Å². The molecule has 0 aliphatic rings. The van der Waals surface area contributed by atoms with Crippen LogP contribution in [-0.2, 0) is 16.1 Å². The van der Waals surface area contributed by atoms with Gasteiger partial charge in [0.05, 0.1) is 23.8 Å². The Morgan fingerprint density at radius 2 is 2.08 bits per heavy atom. The van der Waals surface area contributed by atoms with Crippen LogP contribution in [0.25, 0.3) is 0 Å². The molecule has 7 nitrogen and oxygen atoms in total. The van der Waals surface area contributed by atoms with Crippen LogP contribution in [0.3, 0.4) is 0 Å². The molecule has 0 spiro atoms. The van der Waals surface area contributed by atoms with E-state index in [1.165, 1.54) is 18.3 Å². The second-order valence-electron chi connectivity index (χ2n) is 6.00. The van der Waals surface area contributed by atoms with E-state index in [4.69, 9.17) is 0 Å². The highest BCUT2D eigenvalue weighted by Gasteiger charge is 2.16. The Bertz CT molecular complexity index is 585. The Labute approximate surface area is 152 Å². The van der Waals surface area contributed by atoms with E-state index >= 15 is 0 Å². The number of carbonyl (C=O) groups is 2. The van der Waals surface area contributed by atoms with E-state index in [1.807, 2.05) is 25.9 Å². The van der Waals surface area contributed by atoms with Crippen molar-refractivity contribution < 1.29 is 23.1 Å². The predicted molar refractivity (Wildman–Crippen MR) is 93.0 cm³/mol. The van der Waals surface area contributed by atoms with E-state index in [0.717, 1.165) is 0 Å². The summed E-state index contributed by atoms with van der Waals surface area (Å²) in [7, 11) is 3.82. The standard InChI is InChI=1S/C17H26F2N4O3/c1-4-14(22-11-23(2)3)15(24)9-20-8-13-7-12(5-6-21-13)17(25)26-10-16(18)19/h5-7,14,16,20,22H,4,8-11H2,1-3H3. The summed E-state index contributed by atoms with van der Waals surface area (Å²) in [4.78, 5) is 29.9. The Kier molecular flexibility index (Phi) is 9.85. The smallest absolute Gasteiger partial charge is 0.338 e. The minimum absolute atomic E-state index is 0.0295. The summed E-state index contributed by atoms with van der Waals surface area (Å²) < 4.78 is 28.6. The number of hydrogen-bond acceptors (Lipinski definition) is 7. The fourth-order valence-corrected chi connectivity index (χ4v) is 2.14. The van der Waals surface area contributed by atoms with Gasteiger partial charge in [0.2, 0.25) is 0 Å². The molecule has 146 valence electrons. The van der Waals surface area contributed by atoms with Crippen LogP contribution in [0.5, 0.6) is 0 Å². The third-order valence-corrected chi connectivity index (χ3v) is 3.45. The Hall–Kier alpha value is -1.97. The van der Waals surface area contributed by atoms with Crippen LogP contribution in [0.1, 0.15) is 29.4 Å². The maximum absolute atomic E-state index is 12.2. The lowest BCUT2D eigenvalue weighted by molar-refractivity contribution is -0.120. The molecule has 0 aromatic carbocycles. The minimum Gasteiger partial charge on any atom is -0.456 e. The van der Waals surface area contributed by atoms with Crippen molar-refractivity contribution >= 4 is 11.8 Å². The van der Waals surface area contributed by atoms with Gasteiger partial charge in [0.15, 0.2) is 12.4 Å². The Morgan fingerprint density at radius 1 is 1.35 bits per heavy atom. The summed E-state index contributed by atoms with van der Waals surface area (Å²) in [5.41, 5.74) is 0.654. The average Bonchev–Trinajstić information content (AvgIpc) is 2.60. The zero-order valence-electron chi connectivity index (χ0n) is 15.3. The van der Waals surface area contributed by atoms with Gasteiger partial charge in [0.25, 0.3) is 6.43 Å². The van der Waals surface area contributed by atoms with Crippen molar-refractivity contribution in [2.24, 2.45) is 0 Å². The number of carbonyl (C=O) groups excluding carboxylic acids is 2. The SMILES string of the molecule is CCC(NCN(C)C)C(=O)CNCc1cc(C(=O)OCC(F)F)ccn1. The molecule has 0 amide bonds. The first-order chi connectivity index (χ1) is 12.3. The molecular formula is C17H26F2N4O3. The summed E-state index contributed by atoms with van der Waals surface area (Å²) in [6, 6.07) is 2.60. The molecule has 0 saturated heterocycles. The van der Waals surface area contributed by atoms with Crippen LogP contribution >= 0.6 is 0 Å². The molecule has 1 aromatic rings. The van der Waals surface area contributed by atoms with Crippen molar-refractivity contribution in [2.75, 3.05) is 33.9 Å². The van der Waals surface area contributed by atoms with Crippen LogP contribution in [0.4, 0.5) is 8.78 Å². The number of alkyl halides is 2. The highest BCUT2D eigenvalue weighted by molar-refractivity contribution is 5.89. The Balaban J connectivity index is 2.48. The summed E-state index contributed by atoms with van der Waals surface area (Å²) in [5, 5.41) is 6.15. The van der Waals surface area contributed by atoms with Crippen molar-refractivity contribution in [1.82, 2.24) is 20.5 Å². The van der Waals surface area contributed by atoms with Crippen molar-refractivity contribution in [1.29, 1.82) is 0 Å². The number of ether oxygens (including phenoxy) is 1. The van der Waals surface area contributed by atoms with Crippen molar-refractivity contribution in [3.05, 3.63) is 29.6 Å². The molecule has 9 heteroatoms. The molecule has 1 heterocycles. The topological polar surface area (TPSA) is 83.6 Å². The number of esters is 1. The van der Waals surface area contributed by atoms with Crippen molar-refractivity contribution in [3.8, 4) is 0 Å². The van der Waals surface area contributed by atoms with Crippen LogP contribution < -0.4 is 10.6 Å². The first kappa shape index (κ1) is 22.1. The van der Waals surface area contributed by atoms with Gasteiger partial charge in [-0.3, -0.25) is 20.0 Å². The summed E-state index contributed by atoms with van der Waals surface area (Å²) in [5.74, 6) is -0.800. The van der Waals surface area contributed by atoms with Gasteiger partial charge in [-0.2, -0.15) is 0 Å². The number of Topliss-reactive ketones (excluding diaryl/α,β-unsaturated/α-hetero) is 1. The van der Waals surface area contributed by atoms with Gasteiger partial charge < -0.3 is 10.1 Å². The van der Waals surface area contributed by atoms with Crippen LogP contribution in [0.15, 0.2) is 18.3 Å². The molecule has 0 fully saturated rings. The number of aromatic nitrogens is 1. The van der Waals surface area contributed by atoms with Crippen molar-refractivity contribution in [2.45, 2.75) is 32.4 Å². The van der Waals surface area contributed by atoms with Gasteiger partial charge >= 0.3 is 5.97 Å². The molecule has 2 N–H and O–H groups in total. The van der Waals surface area contributed by atoms with Gasteiger partial charge in [0.1, 0.15) is 0 Å². The molecule has 1 atom stereocenters. The number of pyridine rings is 1. The molecule has 0 saturated carbocycles. The van der Waals surface area contributed by atoms with Crippen LogP contribution in [0, 0.1) is 0 Å². The molecule has 1 unspecified atom stereocenters. The minimum atomic E-state index is -2.71. The first-order valence-electron chi connectivity index (χ1n) is 8.35. The lowest BCUT2D eigenvalue weighted by Gasteiger charge is -2.19. The number of halogens is 2. The quantitative estimate of drug-likeness (QED) is 0.419. The van der Waals surface area contributed by atoms with Crippen molar-refractivity contribution in [3.63, 3.8) is 0 Å². The second kappa shape index (κ2) is 11.6. The second-order valence-corrected chi connectivity index (χ2v) is 6.00. The van der Waals surface area contributed by atoms with Gasteiger partial charge in [-0.1, -0.05) is 6.92 Å². The Morgan fingerprint density at radius 3 is 2.69 bits per heavy atom. The molecule has 26 heavy (non-hydrogen) atoms. The fourth-order valence-electron chi connectivity index (χ4n) is 2.14. The van der Waals surface area contributed by atoms with Crippen LogP contribution in [0.2, 0.25) is 0 Å². The van der Waals surface area contributed by atoms with Crippen LogP contribution in [-0.4, -0.2) is 68.0 Å². The maximum Gasteiger partial charge on any atom is 0.338 e. The van der Waals surface area contributed by atoms with Gasteiger partial charge in [-0.25, -0.2) is 13.6 Å². The molecule has 1 aromatic heterocycles. The highest BCUT2D eigenvalue weighted by atomic mass is 19.3. The third-order valence-electron chi connectivity index (χ3n) is 3.45. The van der Waals surface area contributed by atoms with Gasteiger partial charge in [0, 0.05) is 19.4 Å². The number of hydrogen-bond donors (Lipinski definition) is 2. The third kappa shape index (κ3) is 8.41. The monoisotopic (exact) mass is 372 g/mol. The molecule has 0 radical (unpaired) electrons. The maximum atomic E-state index is 12.2. The molecule has 0 aliphatic carbocycles. The van der Waals surface area contributed by atoms with Gasteiger partial charge in [-0.15, -0.1) is 0 Å². The summed E-state index contributed by atoms with van der Waals surface area (Å²) >= 11 is 0. The largest absolute Gasteiger partial charge is 0.456 e. The van der Waals surface area contributed by atoms with E-state index in [-0.39, 0.29) is 30.5 Å². The number of nitrogens with zero attached hydrogens (tertiary/aromatic N) is 2. The highest BCUT2D eigenvalue weighted by Crippen LogP contribution is 2.05. The predicted octanol–water partition coefficient (Wildman–Crippen LogP) is 1.05. The van der Waals surface area contributed by atoms with E-state index in [2.05, 4.69) is 20.4 Å². The molecule has 0 bridgehead atoms. The normalized spacial score (nSPS) is 12.4. The van der Waals surface area contributed by atoms with E-state index < -0.39 is 19.0 Å². The molecular weight excluding hydrogens is 346 g/mol. The number of ketones is 1. The van der Waals surface area contributed by atoms with E-state index in [1.54, 1.807) is 0 Å². The zero-order chi connectivity index (χ0) is 19.5. The molecule has 0 aliphatic heterocycles.